The second-order valence-corrected chi connectivity index (χ2v) is 19.0. The van der Waals surface area contributed by atoms with Crippen LogP contribution in [0.15, 0.2) is 11.6 Å². The molecule has 3 saturated heterocycles. The molecule has 7 N–H and O–H groups in total. The summed E-state index contributed by atoms with van der Waals surface area (Å²) in [6, 6.07) is 0. The van der Waals surface area contributed by atoms with E-state index in [0.717, 1.165) is 18.3 Å². The second kappa shape index (κ2) is 16.5. The Morgan fingerprint density at radius 3 is 2.20 bits per heavy atom. The van der Waals surface area contributed by atoms with E-state index in [0.29, 0.717) is 44.9 Å². The van der Waals surface area contributed by atoms with Crippen molar-refractivity contribution in [2.24, 2.45) is 28.6 Å². The number of aliphatic hydroxyl groups is 7. The predicted molar refractivity (Wildman–Crippen MR) is 201 cm³/mol. The van der Waals surface area contributed by atoms with Gasteiger partial charge in [0, 0.05) is 37.9 Å². The van der Waals surface area contributed by atoms with Gasteiger partial charge >= 0.3 is 5.97 Å². The largest absolute Gasteiger partial charge is 0.458 e. The normalized spacial score (nSPS) is 53.8. The van der Waals surface area contributed by atoms with Crippen molar-refractivity contribution in [2.75, 3.05) is 20.3 Å². The molecule has 17 nitrogen and oxygen atoms in total. The quantitative estimate of drug-likeness (QED) is 0.0878. The fourth-order valence-corrected chi connectivity index (χ4v) is 13.0. The molecule has 8 rings (SSSR count). The third-order valence-electron chi connectivity index (χ3n) is 16.2. The van der Waals surface area contributed by atoms with Crippen molar-refractivity contribution in [2.45, 2.75) is 189 Å². The first-order valence-corrected chi connectivity index (χ1v) is 21.6. The summed E-state index contributed by atoms with van der Waals surface area (Å²) in [6.45, 7) is 5.27. The van der Waals surface area contributed by atoms with E-state index >= 15 is 0 Å². The number of ether oxygens (including phenoxy) is 8. The Kier molecular flexibility index (Phi) is 12.3. The van der Waals surface area contributed by atoms with Crippen molar-refractivity contribution in [3.8, 4) is 0 Å². The van der Waals surface area contributed by atoms with Gasteiger partial charge in [-0.1, -0.05) is 6.92 Å². The van der Waals surface area contributed by atoms with Crippen LogP contribution in [-0.2, 0) is 47.5 Å². The zero-order chi connectivity index (χ0) is 42.2. The van der Waals surface area contributed by atoms with Crippen LogP contribution in [0.1, 0.15) is 91.4 Å². The lowest BCUT2D eigenvalue weighted by molar-refractivity contribution is -0.353. The second-order valence-electron chi connectivity index (χ2n) is 19.0. The van der Waals surface area contributed by atoms with Crippen molar-refractivity contribution >= 4 is 12.3 Å². The van der Waals surface area contributed by atoms with Gasteiger partial charge in [0.2, 0.25) is 0 Å². The van der Waals surface area contributed by atoms with Gasteiger partial charge in [0.15, 0.2) is 18.9 Å². The van der Waals surface area contributed by atoms with E-state index in [4.69, 9.17) is 37.9 Å². The molecule has 0 amide bonds. The summed E-state index contributed by atoms with van der Waals surface area (Å²) in [5, 5.41) is 76.8. The van der Waals surface area contributed by atoms with Crippen LogP contribution in [0.4, 0.5) is 0 Å². The van der Waals surface area contributed by atoms with Crippen LogP contribution in [-0.4, -0.2) is 166 Å². The van der Waals surface area contributed by atoms with Crippen LogP contribution < -0.4 is 0 Å². The summed E-state index contributed by atoms with van der Waals surface area (Å²) in [6.07, 6.45) is -6.29. The Morgan fingerprint density at radius 2 is 1.54 bits per heavy atom. The number of carbonyl (C=O) groups is 2. The highest BCUT2D eigenvalue weighted by molar-refractivity contribution is 5.85. The maximum absolute atomic E-state index is 13.3. The van der Waals surface area contributed by atoms with Crippen LogP contribution in [0.2, 0.25) is 0 Å². The molecule has 4 aliphatic heterocycles. The highest BCUT2D eigenvalue weighted by Crippen LogP contribution is 2.70. The molecule has 0 unspecified atom stereocenters. The van der Waals surface area contributed by atoms with E-state index in [-0.39, 0.29) is 49.6 Å². The first kappa shape index (κ1) is 43.9. The van der Waals surface area contributed by atoms with E-state index in [9.17, 15) is 45.3 Å². The molecule has 0 aromatic carbocycles. The van der Waals surface area contributed by atoms with Gasteiger partial charge < -0.3 is 78.4 Å². The molecule has 4 saturated carbocycles. The number of cyclic esters (lactones) is 1. The van der Waals surface area contributed by atoms with E-state index in [2.05, 4.69) is 6.92 Å². The maximum atomic E-state index is 13.3. The Balaban J connectivity index is 0.864. The van der Waals surface area contributed by atoms with Gasteiger partial charge in [-0.05, 0) is 88.5 Å². The molecule has 0 spiro atoms. The summed E-state index contributed by atoms with van der Waals surface area (Å²) in [4.78, 5) is 25.2. The number of hydrogen-bond donors (Lipinski definition) is 7. The summed E-state index contributed by atoms with van der Waals surface area (Å²) < 4.78 is 47.6. The lowest BCUT2D eigenvalue weighted by Gasteiger charge is -2.65. The number of esters is 1. The molecule has 59 heavy (non-hydrogen) atoms. The minimum absolute atomic E-state index is 0.0244. The minimum atomic E-state index is -1.60. The summed E-state index contributed by atoms with van der Waals surface area (Å²) in [7, 11) is 1.48. The lowest BCUT2D eigenvalue weighted by atomic mass is 9.41. The SMILES string of the molecule is CO[C@@H]1C[C@H](O[C@H]2[C@@H](O)C[C@H](O[C@H]3CC[C@]4(C=O)[C@H]5CC[C@]6(C)[C@@H](C7=CC(=O)OC7)CC[C@]6(O)[C@@H]5CC[C@]4(O)C3)O[C@@H]2C)O[C@@H](C)[C@@H]1O[C@@H]1O[C@H](CO)[C@@H](O)[C@H](O)[C@H]1O. The molecular weight excluding hydrogens is 776 g/mol. The molecule has 334 valence electrons. The maximum Gasteiger partial charge on any atom is 0.331 e. The molecule has 7 fully saturated rings. The topological polar surface area (TPSA) is 250 Å². The van der Waals surface area contributed by atoms with Gasteiger partial charge in [-0.15, -0.1) is 0 Å². The number of aliphatic hydroxyl groups excluding tert-OH is 5. The molecule has 0 bridgehead atoms. The fourth-order valence-electron chi connectivity index (χ4n) is 13.0. The Hall–Kier alpha value is -1.68. The lowest BCUT2D eigenvalue weighted by Crippen LogP contribution is -2.69. The van der Waals surface area contributed by atoms with Gasteiger partial charge in [-0.3, -0.25) is 0 Å². The van der Waals surface area contributed by atoms with Crippen LogP contribution in [0.3, 0.4) is 0 Å². The average molecular weight is 841 g/mol. The monoisotopic (exact) mass is 840 g/mol. The molecule has 8 aliphatic rings. The summed E-state index contributed by atoms with van der Waals surface area (Å²) in [5.41, 5.74) is -2.93. The number of rotatable bonds is 10. The molecular formula is C42H64O17. The van der Waals surface area contributed by atoms with Crippen LogP contribution in [0.5, 0.6) is 0 Å². The molecule has 21 atom stereocenters. The molecule has 17 heteroatoms. The van der Waals surface area contributed by atoms with E-state index < -0.39 is 115 Å². The average Bonchev–Trinajstić information content (AvgIpc) is 3.75. The molecule has 0 aromatic heterocycles. The smallest absolute Gasteiger partial charge is 0.331 e. The van der Waals surface area contributed by atoms with Gasteiger partial charge in [-0.25, -0.2) is 4.79 Å². The number of methoxy groups -OCH3 is 1. The zero-order valence-electron chi connectivity index (χ0n) is 34.4. The number of aldehydes is 1. The van der Waals surface area contributed by atoms with Gasteiger partial charge in [0.1, 0.15) is 49.5 Å². The number of hydrogen-bond acceptors (Lipinski definition) is 17. The molecule has 0 aromatic rings. The Bertz CT molecular complexity index is 1570. The highest BCUT2D eigenvalue weighted by atomic mass is 16.7. The van der Waals surface area contributed by atoms with Crippen molar-refractivity contribution < 1.29 is 83.2 Å². The molecule has 4 heterocycles. The number of carbonyl (C=O) groups excluding carboxylic acids is 2. The summed E-state index contributed by atoms with van der Waals surface area (Å²) >= 11 is 0. The van der Waals surface area contributed by atoms with Crippen molar-refractivity contribution in [1.29, 1.82) is 0 Å². The highest BCUT2D eigenvalue weighted by Gasteiger charge is 2.71. The van der Waals surface area contributed by atoms with Gasteiger partial charge in [0.25, 0.3) is 0 Å². The summed E-state index contributed by atoms with van der Waals surface area (Å²) in [5.74, 6) is -0.680. The Morgan fingerprint density at radius 1 is 0.831 bits per heavy atom. The van der Waals surface area contributed by atoms with Crippen molar-refractivity contribution in [3.63, 3.8) is 0 Å². The minimum Gasteiger partial charge on any atom is -0.458 e. The van der Waals surface area contributed by atoms with Crippen molar-refractivity contribution in [3.05, 3.63) is 11.6 Å². The van der Waals surface area contributed by atoms with Gasteiger partial charge in [0.05, 0.1) is 53.7 Å². The van der Waals surface area contributed by atoms with Crippen LogP contribution in [0.25, 0.3) is 0 Å². The van der Waals surface area contributed by atoms with E-state index in [1.165, 1.54) is 7.11 Å². The van der Waals surface area contributed by atoms with Crippen molar-refractivity contribution in [1.82, 2.24) is 0 Å². The third kappa shape index (κ3) is 7.26. The predicted octanol–water partition coefficient (Wildman–Crippen LogP) is 0.139. The zero-order valence-corrected chi connectivity index (χ0v) is 34.4. The standard InChI is InChI=1S/C42H64O17/c1-20-36(58-32-15-28(52-4)37(21(2)55-32)59-38-35(49)34(48)33(47)29(17-43)57-38)27(45)14-31(54-20)56-23-5-10-40(19-44)25-6-9-39(3)24(22-13-30(46)53-18-22)8-12-42(39,51)26(25)7-11-41(40,50)16-23/h13,19-21,23-29,31-38,43,45,47-51H,5-12,14-18H2,1-4H3/t20-,21+,23+,24-,25+,26-,27+,28-,29-,31+,32+,33-,34+,35-,36-,37+,38+,39-,40+,41+,42+/m1/s1. The van der Waals surface area contributed by atoms with Gasteiger partial charge in [-0.2, -0.15) is 0 Å². The van der Waals surface area contributed by atoms with E-state index in [1.807, 2.05) is 0 Å². The number of fused-ring (bicyclic) bond motifs is 5. The first-order valence-electron chi connectivity index (χ1n) is 21.6. The van der Waals surface area contributed by atoms with E-state index in [1.54, 1.807) is 19.9 Å². The third-order valence-corrected chi connectivity index (χ3v) is 16.2. The van der Waals surface area contributed by atoms with Crippen LogP contribution >= 0.6 is 0 Å². The van der Waals surface area contributed by atoms with Crippen LogP contribution in [0, 0.1) is 28.6 Å². The molecule has 4 aliphatic carbocycles. The Labute approximate surface area is 344 Å². The fraction of sp³-hybridized carbons (Fsp3) is 0.905. The first-order chi connectivity index (χ1) is 28.0. The molecule has 0 radical (unpaired) electrons.